The molecule has 3 amide bonds. The van der Waals surface area contributed by atoms with Gasteiger partial charge < -0.3 is 20.0 Å². The summed E-state index contributed by atoms with van der Waals surface area (Å²) in [6, 6.07) is 6.74. The third kappa shape index (κ3) is 4.68. The largest absolute Gasteiger partial charge is 0.451 e. The fraction of sp³-hybridized carbons (Fsp3) is 0.227. The van der Waals surface area contributed by atoms with Crippen molar-refractivity contribution < 1.29 is 32.0 Å². The highest BCUT2D eigenvalue weighted by atomic mass is 19.3. The molecule has 3 aromatic rings. The van der Waals surface area contributed by atoms with Crippen LogP contribution in [0.5, 0.6) is 0 Å². The van der Waals surface area contributed by atoms with E-state index in [1.807, 2.05) is 0 Å². The number of anilines is 1. The van der Waals surface area contributed by atoms with Crippen molar-refractivity contribution in [2.45, 2.75) is 18.4 Å². The molecule has 1 fully saturated rings. The molecule has 2 N–H and O–H groups in total. The number of nitriles is 1. The molecule has 1 aromatic carbocycles. The van der Waals surface area contributed by atoms with E-state index in [9.17, 15) is 27.6 Å². The Hall–Kier alpha value is -4.40. The number of carbonyl (C=O) groups is 3. The smallest absolute Gasteiger partial charge is 0.291 e. The predicted octanol–water partition coefficient (Wildman–Crippen LogP) is 2.71. The van der Waals surface area contributed by atoms with E-state index >= 15 is 0 Å². The van der Waals surface area contributed by atoms with E-state index in [0.29, 0.717) is 5.39 Å². The van der Waals surface area contributed by atoms with Crippen molar-refractivity contribution in [1.82, 2.24) is 15.2 Å². The molecule has 2 aromatic heterocycles. The molecule has 174 valence electrons. The zero-order valence-electron chi connectivity index (χ0n) is 17.3. The average molecular weight is 471 g/mol. The first-order chi connectivity index (χ1) is 16.2. The SMILES string of the molecule is N#C[C@@H]1CC(F)(F)CN1C(=O)CNC(=O)c1ccncc1NC(=O)c1cc2cc(F)ccc2o1. The van der Waals surface area contributed by atoms with Gasteiger partial charge in [0.15, 0.2) is 5.76 Å². The second kappa shape index (κ2) is 8.86. The highest BCUT2D eigenvalue weighted by molar-refractivity contribution is 6.09. The Bertz CT molecular complexity index is 1330. The summed E-state index contributed by atoms with van der Waals surface area (Å²) in [5, 5.41) is 14.1. The Labute approximate surface area is 190 Å². The van der Waals surface area contributed by atoms with Crippen molar-refractivity contribution >= 4 is 34.4 Å². The number of nitrogens with one attached hydrogen (secondary N) is 2. The van der Waals surface area contributed by atoms with Crippen LogP contribution >= 0.6 is 0 Å². The van der Waals surface area contributed by atoms with Crippen LogP contribution in [0.15, 0.2) is 47.1 Å². The van der Waals surface area contributed by atoms with Gasteiger partial charge >= 0.3 is 0 Å². The molecule has 1 aliphatic rings. The summed E-state index contributed by atoms with van der Waals surface area (Å²) in [5.41, 5.74) is 0.228. The van der Waals surface area contributed by atoms with E-state index < -0.39 is 55.0 Å². The van der Waals surface area contributed by atoms with Gasteiger partial charge in [-0.25, -0.2) is 13.2 Å². The van der Waals surface area contributed by atoms with Gasteiger partial charge in [0.1, 0.15) is 17.4 Å². The number of pyridine rings is 1. The average Bonchev–Trinajstić information content (AvgIpc) is 3.37. The van der Waals surface area contributed by atoms with E-state index in [1.54, 1.807) is 6.07 Å². The van der Waals surface area contributed by atoms with Crippen LogP contribution in [0.2, 0.25) is 0 Å². The first kappa shape index (κ1) is 22.8. The second-order valence-corrected chi connectivity index (χ2v) is 7.58. The zero-order valence-corrected chi connectivity index (χ0v) is 17.3. The third-order valence-electron chi connectivity index (χ3n) is 5.16. The van der Waals surface area contributed by atoms with Gasteiger partial charge in [0.05, 0.1) is 36.6 Å². The number of halogens is 3. The van der Waals surface area contributed by atoms with Crippen LogP contribution in [0.3, 0.4) is 0 Å². The number of likely N-dealkylation sites (tertiary alicyclic amines) is 1. The number of hydrogen-bond donors (Lipinski definition) is 2. The number of furan rings is 1. The van der Waals surface area contributed by atoms with E-state index in [4.69, 9.17) is 9.68 Å². The molecule has 0 bridgehead atoms. The zero-order chi connectivity index (χ0) is 24.5. The Kier molecular flexibility index (Phi) is 5.93. The van der Waals surface area contributed by atoms with Crippen molar-refractivity contribution in [3.8, 4) is 6.07 Å². The third-order valence-corrected chi connectivity index (χ3v) is 5.16. The van der Waals surface area contributed by atoms with Gasteiger partial charge in [-0.3, -0.25) is 19.4 Å². The molecule has 1 atom stereocenters. The number of carbonyl (C=O) groups excluding carboxylic acids is 3. The van der Waals surface area contributed by atoms with Gasteiger partial charge in [0.25, 0.3) is 17.7 Å². The molecule has 0 radical (unpaired) electrons. The lowest BCUT2D eigenvalue weighted by Crippen LogP contribution is -2.43. The van der Waals surface area contributed by atoms with Crippen molar-refractivity contribution in [1.29, 1.82) is 5.26 Å². The Morgan fingerprint density at radius 3 is 2.79 bits per heavy atom. The molecule has 0 spiro atoms. The van der Waals surface area contributed by atoms with Crippen LogP contribution in [0, 0.1) is 17.1 Å². The predicted molar refractivity (Wildman–Crippen MR) is 111 cm³/mol. The lowest BCUT2D eigenvalue weighted by molar-refractivity contribution is -0.131. The molecular formula is C22H16F3N5O4. The molecule has 3 heterocycles. The number of amides is 3. The molecule has 0 saturated carbocycles. The number of aromatic nitrogens is 1. The summed E-state index contributed by atoms with van der Waals surface area (Å²) in [7, 11) is 0. The number of fused-ring (bicyclic) bond motifs is 1. The molecule has 4 rings (SSSR count). The van der Waals surface area contributed by atoms with Gasteiger partial charge in [0.2, 0.25) is 5.91 Å². The second-order valence-electron chi connectivity index (χ2n) is 7.58. The molecular weight excluding hydrogens is 455 g/mol. The summed E-state index contributed by atoms with van der Waals surface area (Å²) >= 11 is 0. The molecule has 9 nitrogen and oxygen atoms in total. The van der Waals surface area contributed by atoms with Gasteiger partial charge in [0, 0.05) is 18.0 Å². The maximum absolute atomic E-state index is 13.6. The number of hydrogen-bond acceptors (Lipinski definition) is 6. The maximum Gasteiger partial charge on any atom is 0.291 e. The van der Waals surface area contributed by atoms with Crippen LogP contribution in [-0.2, 0) is 4.79 Å². The van der Waals surface area contributed by atoms with Crippen LogP contribution < -0.4 is 10.6 Å². The van der Waals surface area contributed by atoms with E-state index in [-0.39, 0.29) is 22.6 Å². The minimum absolute atomic E-state index is 0.00769. The topological polar surface area (TPSA) is 128 Å². The van der Waals surface area contributed by atoms with Crippen molar-refractivity contribution in [3.05, 3.63) is 59.9 Å². The Morgan fingerprint density at radius 1 is 1.24 bits per heavy atom. The summed E-state index contributed by atoms with van der Waals surface area (Å²) in [6.07, 6.45) is 1.71. The molecule has 12 heteroatoms. The maximum atomic E-state index is 13.6. The molecule has 34 heavy (non-hydrogen) atoms. The lowest BCUT2D eigenvalue weighted by atomic mass is 10.2. The quantitative estimate of drug-likeness (QED) is 0.589. The first-order valence-electron chi connectivity index (χ1n) is 9.96. The highest BCUT2D eigenvalue weighted by Gasteiger charge is 2.47. The van der Waals surface area contributed by atoms with E-state index in [1.165, 1.54) is 42.7 Å². The van der Waals surface area contributed by atoms with Crippen LogP contribution in [-0.4, -0.2) is 52.7 Å². The lowest BCUT2D eigenvalue weighted by Gasteiger charge is -2.19. The summed E-state index contributed by atoms with van der Waals surface area (Å²) in [5.74, 6) is -6.16. The van der Waals surface area contributed by atoms with Gasteiger partial charge in [-0.05, 0) is 30.3 Å². The minimum Gasteiger partial charge on any atom is -0.451 e. The number of nitrogens with zero attached hydrogens (tertiary/aromatic N) is 3. The molecule has 0 aliphatic carbocycles. The number of alkyl halides is 2. The minimum atomic E-state index is -3.18. The monoisotopic (exact) mass is 471 g/mol. The fourth-order valence-electron chi connectivity index (χ4n) is 3.55. The number of rotatable bonds is 5. The Balaban J connectivity index is 1.44. The van der Waals surface area contributed by atoms with Crippen molar-refractivity contribution in [3.63, 3.8) is 0 Å². The summed E-state index contributed by atoms with van der Waals surface area (Å²) in [6.45, 7) is -1.53. The number of benzene rings is 1. The standard InChI is InChI=1S/C22H16F3N5O4/c23-13-1-2-17-12(5-13)6-18(34-17)21(33)29-16-9-27-4-3-15(16)20(32)28-10-19(31)30-11-22(24,25)7-14(30)8-26/h1-6,9,14H,7,10-11H2,(H,28,32)(H,29,33)/t14-/m0/s1. The van der Waals surface area contributed by atoms with Crippen LogP contribution in [0.4, 0.5) is 18.9 Å². The Morgan fingerprint density at radius 2 is 2.03 bits per heavy atom. The van der Waals surface area contributed by atoms with Gasteiger partial charge in [-0.2, -0.15) is 5.26 Å². The molecule has 1 aliphatic heterocycles. The van der Waals surface area contributed by atoms with E-state index in [2.05, 4.69) is 15.6 Å². The summed E-state index contributed by atoms with van der Waals surface area (Å²) < 4.78 is 45.9. The molecule has 1 saturated heterocycles. The van der Waals surface area contributed by atoms with Crippen molar-refractivity contribution in [2.75, 3.05) is 18.4 Å². The highest BCUT2D eigenvalue weighted by Crippen LogP contribution is 2.31. The van der Waals surface area contributed by atoms with E-state index in [0.717, 1.165) is 4.90 Å². The fourth-order valence-corrected chi connectivity index (χ4v) is 3.55. The first-order valence-corrected chi connectivity index (χ1v) is 9.96. The van der Waals surface area contributed by atoms with Gasteiger partial charge in [-0.15, -0.1) is 0 Å². The van der Waals surface area contributed by atoms with Crippen LogP contribution in [0.25, 0.3) is 11.0 Å². The normalized spacial score (nSPS) is 16.8. The molecule has 0 unspecified atom stereocenters. The van der Waals surface area contributed by atoms with Gasteiger partial charge in [-0.1, -0.05) is 0 Å². The van der Waals surface area contributed by atoms with Crippen molar-refractivity contribution in [2.24, 2.45) is 0 Å². The van der Waals surface area contributed by atoms with Crippen LogP contribution in [0.1, 0.15) is 27.3 Å². The summed E-state index contributed by atoms with van der Waals surface area (Å²) in [4.78, 5) is 42.1.